The molecule has 0 bridgehead atoms. The molecule has 0 aliphatic carbocycles. The summed E-state index contributed by atoms with van der Waals surface area (Å²) in [5.74, 6) is 2.06. The van der Waals surface area contributed by atoms with Gasteiger partial charge in [-0.05, 0) is 26.8 Å². The van der Waals surface area contributed by atoms with Gasteiger partial charge in [0.05, 0.1) is 6.54 Å². The van der Waals surface area contributed by atoms with Crippen molar-refractivity contribution in [3.8, 4) is 10.8 Å². The zero-order chi connectivity index (χ0) is 9.68. The van der Waals surface area contributed by atoms with Crippen molar-refractivity contribution in [2.75, 3.05) is 0 Å². The van der Waals surface area contributed by atoms with Gasteiger partial charge < -0.3 is 5.32 Å². The quantitative estimate of drug-likeness (QED) is 0.833. The molecule has 1 N–H and O–H groups in total. The third kappa shape index (κ3) is 3.94. The normalized spacial score (nSPS) is 8.77. The molecule has 5 heteroatoms. The van der Waals surface area contributed by atoms with Gasteiger partial charge in [-0.2, -0.15) is 0 Å². The maximum Gasteiger partial charge on any atom is 0.297 e. The highest BCUT2D eigenvalue weighted by Gasteiger charge is 1.99. The molecule has 1 rings (SSSR count). The second-order valence-corrected chi connectivity index (χ2v) is 4.44. The van der Waals surface area contributed by atoms with Crippen LogP contribution in [-0.2, 0) is 11.3 Å². The van der Waals surface area contributed by atoms with Gasteiger partial charge in [-0.15, -0.1) is 11.3 Å². The molecular weight excluding hydrogens is 318 g/mol. The fourth-order valence-electron chi connectivity index (χ4n) is 0.701. The van der Waals surface area contributed by atoms with Crippen LogP contribution in [0.25, 0.3) is 0 Å². The smallest absolute Gasteiger partial charge is 0.297 e. The van der Waals surface area contributed by atoms with Crippen molar-refractivity contribution in [3.05, 3.63) is 20.8 Å². The highest BCUT2D eigenvalue weighted by atomic mass is 79.9. The Morgan fingerprint density at radius 3 is 3.00 bits per heavy atom. The van der Waals surface area contributed by atoms with Crippen LogP contribution in [0.4, 0.5) is 0 Å². The molecule has 0 radical (unpaired) electrons. The van der Waals surface area contributed by atoms with E-state index in [1.807, 2.05) is 11.4 Å². The van der Waals surface area contributed by atoms with E-state index in [9.17, 15) is 4.79 Å². The van der Waals surface area contributed by atoms with Gasteiger partial charge in [-0.3, -0.25) is 4.79 Å². The number of amides is 1. The van der Waals surface area contributed by atoms with Gasteiger partial charge in [0.25, 0.3) is 5.91 Å². The summed E-state index contributed by atoms with van der Waals surface area (Å²) < 4.78 is 1.04. The predicted octanol–water partition coefficient (Wildman–Crippen LogP) is 2.48. The molecule has 0 saturated heterocycles. The van der Waals surface area contributed by atoms with Crippen molar-refractivity contribution < 1.29 is 4.79 Å². The summed E-state index contributed by atoms with van der Waals surface area (Å²) in [6, 6.07) is 1.96. The first-order chi connectivity index (χ1) is 6.22. The fourth-order valence-corrected chi connectivity index (χ4v) is 2.27. The Hall–Kier alpha value is -0.310. The second kappa shape index (κ2) is 5.43. The maximum absolute atomic E-state index is 10.9. The molecule has 1 heterocycles. The van der Waals surface area contributed by atoms with E-state index in [2.05, 4.69) is 47.9 Å². The van der Waals surface area contributed by atoms with Crippen molar-refractivity contribution in [1.29, 1.82) is 0 Å². The van der Waals surface area contributed by atoms with Crippen LogP contribution in [0, 0.1) is 10.8 Å². The summed E-state index contributed by atoms with van der Waals surface area (Å²) >= 11 is 7.77. The molecule has 0 atom stereocenters. The molecular formula is C8H5Br2NOS. The molecule has 0 fully saturated rings. The van der Waals surface area contributed by atoms with Crippen molar-refractivity contribution in [2.45, 2.75) is 6.54 Å². The topological polar surface area (TPSA) is 29.1 Å². The minimum absolute atomic E-state index is 0.276. The molecule has 0 aliphatic rings. The lowest BCUT2D eigenvalue weighted by Gasteiger charge is -1.95. The lowest BCUT2D eigenvalue weighted by Crippen LogP contribution is -2.19. The lowest BCUT2D eigenvalue weighted by molar-refractivity contribution is -0.115. The van der Waals surface area contributed by atoms with E-state index in [0.717, 1.165) is 9.35 Å². The van der Waals surface area contributed by atoms with Gasteiger partial charge in [0, 0.05) is 36.6 Å². The second-order valence-electron chi connectivity index (χ2n) is 2.13. The summed E-state index contributed by atoms with van der Waals surface area (Å²) in [5.41, 5.74) is 0. The Labute approximate surface area is 97.0 Å². The zero-order valence-electron chi connectivity index (χ0n) is 6.43. The summed E-state index contributed by atoms with van der Waals surface area (Å²) in [4.78, 5) is 14.3. The Bertz CT molecular complexity index is 364. The third-order valence-electron chi connectivity index (χ3n) is 1.21. The van der Waals surface area contributed by atoms with Crippen LogP contribution in [0.1, 0.15) is 4.88 Å². The van der Waals surface area contributed by atoms with E-state index in [1.165, 1.54) is 0 Å². The molecule has 13 heavy (non-hydrogen) atoms. The number of carbonyl (C=O) groups is 1. The van der Waals surface area contributed by atoms with Crippen LogP contribution < -0.4 is 5.32 Å². The van der Waals surface area contributed by atoms with E-state index < -0.39 is 0 Å². The Morgan fingerprint density at radius 2 is 2.46 bits per heavy atom. The van der Waals surface area contributed by atoms with Gasteiger partial charge in [0.1, 0.15) is 0 Å². The molecule has 0 aromatic carbocycles. The van der Waals surface area contributed by atoms with Gasteiger partial charge in [0.15, 0.2) is 0 Å². The first kappa shape index (κ1) is 10.8. The number of rotatable bonds is 2. The molecule has 1 amide bonds. The van der Waals surface area contributed by atoms with E-state index >= 15 is 0 Å². The van der Waals surface area contributed by atoms with Gasteiger partial charge >= 0.3 is 0 Å². The van der Waals surface area contributed by atoms with Crippen LogP contribution in [0.3, 0.4) is 0 Å². The highest BCUT2D eigenvalue weighted by molar-refractivity contribution is 9.12. The molecule has 68 valence electrons. The predicted molar refractivity (Wildman–Crippen MR) is 60.6 cm³/mol. The minimum atomic E-state index is -0.276. The molecule has 1 aromatic rings. The first-order valence-electron chi connectivity index (χ1n) is 3.35. The minimum Gasteiger partial charge on any atom is -0.340 e. The molecule has 0 saturated carbocycles. The SMILES string of the molecule is O=C(C#CBr)NCc1cc(Br)cs1. The van der Waals surface area contributed by atoms with Gasteiger partial charge in [-0.25, -0.2) is 0 Å². The largest absolute Gasteiger partial charge is 0.340 e. The lowest BCUT2D eigenvalue weighted by atomic mass is 10.4. The number of nitrogens with one attached hydrogen (secondary N) is 1. The summed E-state index contributed by atoms with van der Waals surface area (Å²) in [7, 11) is 0. The average molecular weight is 323 g/mol. The van der Waals surface area contributed by atoms with Crippen LogP contribution in [-0.4, -0.2) is 5.91 Å². The monoisotopic (exact) mass is 321 g/mol. The number of hydrogen-bond acceptors (Lipinski definition) is 2. The van der Waals surface area contributed by atoms with E-state index in [-0.39, 0.29) is 5.91 Å². The summed E-state index contributed by atoms with van der Waals surface area (Å²) in [5, 5.41) is 4.63. The number of thiophene rings is 1. The number of carbonyl (C=O) groups excluding carboxylic acids is 1. The van der Waals surface area contributed by atoms with Crippen molar-refractivity contribution in [2.24, 2.45) is 0 Å². The van der Waals surface area contributed by atoms with E-state index in [0.29, 0.717) is 6.54 Å². The molecule has 0 aliphatic heterocycles. The van der Waals surface area contributed by atoms with Crippen LogP contribution in [0.2, 0.25) is 0 Å². The van der Waals surface area contributed by atoms with Gasteiger partial charge in [-0.1, -0.05) is 0 Å². The number of hydrogen-bond donors (Lipinski definition) is 1. The third-order valence-corrected chi connectivity index (χ3v) is 3.10. The number of halogens is 2. The molecule has 0 unspecified atom stereocenters. The van der Waals surface area contributed by atoms with Crippen LogP contribution in [0.15, 0.2) is 15.9 Å². The maximum atomic E-state index is 10.9. The summed E-state index contributed by atoms with van der Waals surface area (Å²) in [6.45, 7) is 0.525. The first-order valence-corrected chi connectivity index (χ1v) is 5.81. The van der Waals surface area contributed by atoms with Gasteiger partial charge in [0.2, 0.25) is 0 Å². The zero-order valence-corrected chi connectivity index (χ0v) is 10.4. The molecule has 0 spiro atoms. The average Bonchev–Trinajstić information content (AvgIpc) is 2.49. The summed E-state index contributed by atoms with van der Waals surface area (Å²) in [6.07, 6.45) is 0. The highest BCUT2D eigenvalue weighted by Crippen LogP contribution is 2.19. The standard InChI is InChI=1S/C8H5Br2NOS/c9-2-1-8(12)11-4-7-3-6(10)5-13-7/h3,5H,4H2,(H,11,12). The van der Waals surface area contributed by atoms with Crippen molar-refractivity contribution in [1.82, 2.24) is 5.32 Å². The van der Waals surface area contributed by atoms with Crippen molar-refractivity contribution in [3.63, 3.8) is 0 Å². The Morgan fingerprint density at radius 1 is 1.69 bits per heavy atom. The Balaban J connectivity index is 2.42. The molecule has 2 nitrogen and oxygen atoms in total. The van der Waals surface area contributed by atoms with E-state index in [4.69, 9.17) is 0 Å². The van der Waals surface area contributed by atoms with E-state index in [1.54, 1.807) is 11.3 Å². The fraction of sp³-hybridized carbons (Fsp3) is 0.125. The molecule has 1 aromatic heterocycles. The van der Waals surface area contributed by atoms with Crippen molar-refractivity contribution >= 4 is 49.1 Å². The van der Waals surface area contributed by atoms with Crippen LogP contribution >= 0.6 is 43.2 Å². The van der Waals surface area contributed by atoms with Crippen LogP contribution in [0.5, 0.6) is 0 Å². The Kier molecular flexibility index (Phi) is 4.50.